The fourth-order valence-corrected chi connectivity index (χ4v) is 4.30. The Morgan fingerprint density at radius 1 is 1.35 bits per heavy atom. The zero-order valence-electron chi connectivity index (χ0n) is 12.4. The van der Waals surface area contributed by atoms with Gasteiger partial charge in [-0.1, -0.05) is 0 Å². The predicted molar refractivity (Wildman–Crippen MR) is 78.5 cm³/mol. The maximum Gasteiger partial charge on any atom is 0.243 e. The number of rotatable bonds is 3. The molecule has 6 heteroatoms. The van der Waals surface area contributed by atoms with E-state index >= 15 is 0 Å². The van der Waals surface area contributed by atoms with Crippen LogP contribution in [-0.2, 0) is 10.0 Å². The summed E-state index contributed by atoms with van der Waals surface area (Å²) in [6, 6.07) is 5.08. The number of sulfonamides is 1. The van der Waals surface area contributed by atoms with E-state index in [1.54, 1.807) is 29.6 Å². The van der Waals surface area contributed by atoms with Gasteiger partial charge < -0.3 is 10.1 Å². The SMILES string of the molecule is COc1ccc(S(=O)(=O)N2CCNC(C)C2C)cc1C. The summed E-state index contributed by atoms with van der Waals surface area (Å²) in [4.78, 5) is 0.330. The van der Waals surface area contributed by atoms with E-state index in [1.807, 2.05) is 20.8 Å². The van der Waals surface area contributed by atoms with Crippen LogP contribution in [0.2, 0.25) is 0 Å². The van der Waals surface area contributed by atoms with E-state index in [0.29, 0.717) is 23.7 Å². The molecule has 112 valence electrons. The Balaban J connectivity index is 2.37. The van der Waals surface area contributed by atoms with Gasteiger partial charge in [-0.05, 0) is 44.5 Å². The molecule has 2 rings (SSSR count). The normalized spacial score (nSPS) is 24.6. The molecule has 1 saturated heterocycles. The highest BCUT2D eigenvalue weighted by molar-refractivity contribution is 7.89. The molecule has 0 saturated carbocycles. The second-order valence-corrected chi connectivity index (χ2v) is 7.12. The van der Waals surface area contributed by atoms with Crippen LogP contribution in [0.1, 0.15) is 19.4 Å². The summed E-state index contributed by atoms with van der Waals surface area (Å²) in [5, 5.41) is 3.29. The van der Waals surface area contributed by atoms with Crippen LogP contribution in [0.4, 0.5) is 0 Å². The van der Waals surface area contributed by atoms with Crippen molar-refractivity contribution in [3.05, 3.63) is 23.8 Å². The molecule has 1 aliphatic heterocycles. The van der Waals surface area contributed by atoms with E-state index < -0.39 is 10.0 Å². The van der Waals surface area contributed by atoms with Crippen LogP contribution < -0.4 is 10.1 Å². The number of piperazine rings is 1. The smallest absolute Gasteiger partial charge is 0.243 e. The summed E-state index contributed by atoms with van der Waals surface area (Å²) < 4.78 is 32.3. The molecule has 1 aromatic rings. The van der Waals surface area contributed by atoms with Gasteiger partial charge in [0.25, 0.3) is 0 Å². The average molecular weight is 298 g/mol. The zero-order chi connectivity index (χ0) is 14.9. The lowest BCUT2D eigenvalue weighted by atomic mass is 10.1. The molecule has 0 aliphatic carbocycles. The van der Waals surface area contributed by atoms with Gasteiger partial charge in [0.1, 0.15) is 5.75 Å². The third-order valence-corrected chi connectivity index (χ3v) is 5.93. The second kappa shape index (κ2) is 5.71. The molecular weight excluding hydrogens is 276 g/mol. The molecule has 5 nitrogen and oxygen atoms in total. The number of hydrogen-bond donors (Lipinski definition) is 1. The van der Waals surface area contributed by atoms with Crippen molar-refractivity contribution in [2.75, 3.05) is 20.2 Å². The number of nitrogens with one attached hydrogen (secondary N) is 1. The third-order valence-electron chi connectivity index (χ3n) is 3.95. The van der Waals surface area contributed by atoms with Crippen molar-refractivity contribution in [3.63, 3.8) is 0 Å². The summed E-state index contributed by atoms with van der Waals surface area (Å²) >= 11 is 0. The quantitative estimate of drug-likeness (QED) is 0.916. The predicted octanol–water partition coefficient (Wildman–Crippen LogP) is 1.37. The Bertz CT molecular complexity index is 586. The maximum absolute atomic E-state index is 12.8. The van der Waals surface area contributed by atoms with E-state index in [9.17, 15) is 8.42 Å². The fourth-order valence-electron chi connectivity index (χ4n) is 2.51. The maximum atomic E-state index is 12.8. The first-order valence-electron chi connectivity index (χ1n) is 6.78. The van der Waals surface area contributed by atoms with E-state index in [-0.39, 0.29) is 12.1 Å². The standard InChI is InChI=1S/C14H22N2O3S/c1-10-9-13(5-6-14(10)19-4)20(17,18)16-8-7-15-11(2)12(16)3/h5-6,9,11-12,15H,7-8H2,1-4H3. The van der Waals surface area contributed by atoms with Crippen LogP contribution in [0, 0.1) is 6.92 Å². The van der Waals surface area contributed by atoms with Crippen molar-refractivity contribution < 1.29 is 13.2 Å². The van der Waals surface area contributed by atoms with Gasteiger partial charge in [0.05, 0.1) is 12.0 Å². The minimum Gasteiger partial charge on any atom is -0.496 e. The largest absolute Gasteiger partial charge is 0.496 e. The molecule has 2 atom stereocenters. The zero-order valence-corrected chi connectivity index (χ0v) is 13.2. The van der Waals surface area contributed by atoms with Crippen molar-refractivity contribution in [2.45, 2.75) is 37.8 Å². The van der Waals surface area contributed by atoms with Crippen molar-refractivity contribution in [3.8, 4) is 5.75 Å². The summed E-state index contributed by atoms with van der Waals surface area (Å²) in [6.45, 7) is 6.97. The Morgan fingerprint density at radius 2 is 2.05 bits per heavy atom. The lowest BCUT2D eigenvalue weighted by molar-refractivity contribution is 0.233. The molecule has 0 aromatic heterocycles. The van der Waals surface area contributed by atoms with E-state index in [2.05, 4.69) is 5.32 Å². The Kier molecular flexibility index (Phi) is 4.36. The van der Waals surface area contributed by atoms with Crippen LogP contribution in [-0.4, -0.2) is 45.0 Å². The second-order valence-electron chi connectivity index (χ2n) is 5.23. The van der Waals surface area contributed by atoms with Crippen molar-refractivity contribution in [2.24, 2.45) is 0 Å². The van der Waals surface area contributed by atoms with Crippen LogP contribution >= 0.6 is 0 Å². The molecule has 1 N–H and O–H groups in total. The summed E-state index contributed by atoms with van der Waals surface area (Å²) in [7, 11) is -1.87. The van der Waals surface area contributed by atoms with Gasteiger partial charge in [-0.15, -0.1) is 0 Å². The number of benzene rings is 1. The number of hydrogen-bond acceptors (Lipinski definition) is 4. The van der Waals surface area contributed by atoms with Gasteiger partial charge in [0, 0.05) is 25.2 Å². The first-order chi connectivity index (χ1) is 9.37. The Morgan fingerprint density at radius 3 is 2.65 bits per heavy atom. The average Bonchev–Trinajstić information content (AvgIpc) is 2.41. The van der Waals surface area contributed by atoms with Gasteiger partial charge in [-0.25, -0.2) is 8.42 Å². The van der Waals surface area contributed by atoms with E-state index in [0.717, 1.165) is 5.56 Å². The number of nitrogens with zero attached hydrogens (tertiary/aromatic N) is 1. The van der Waals surface area contributed by atoms with Crippen LogP contribution in [0.15, 0.2) is 23.1 Å². The summed E-state index contributed by atoms with van der Waals surface area (Å²) in [5.41, 5.74) is 0.824. The number of ether oxygens (including phenoxy) is 1. The molecule has 0 amide bonds. The minimum absolute atomic E-state index is 0.0591. The molecule has 1 aliphatic rings. The molecule has 1 fully saturated rings. The van der Waals surface area contributed by atoms with Crippen molar-refractivity contribution in [1.29, 1.82) is 0 Å². The third kappa shape index (κ3) is 2.68. The lowest BCUT2D eigenvalue weighted by Gasteiger charge is -2.37. The minimum atomic E-state index is -3.45. The summed E-state index contributed by atoms with van der Waals surface area (Å²) in [6.07, 6.45) is 0. The highest BCUT2D eigenvalue weighted by Gasteiger charge is 2.34. The van der Waals surface area contributed by atoms with Crippen LogP contribution in [0.3, 0.4) is 0 Å². The highest BCUT2D eigenvalue weighted by atomic mass is 32.2. The molecule has 0 bridgehead atoms. The lowest BCUT2D eigenvalue weighted by Crippen LogP contribution is -2.57. The first kappa shape index (κ1) is 15.3. The Hall–Kier alpha value is -1.11. The molecule has 2 unspecified atom stereocenters. The van der Waals surface area contributed by atoms with Gasteiger partial charge in [-0.3, -0.25) is 0 Å². The molecule has 0 radical (unpaired) electrons. The van der Waals surface area contributed by atoms with Gasteiger partial charge in [0.2, 0.25) is 10.0 Å². The monoisotopic (exact) mass is 298 g/mol. The molecule has 1 heterocycles. The number of aryl methyl sites for hydroxylation is 1. The van der Waals surface area contributed by atoms with Crippen molar-refractivity contribution >= 4 is 10.0 Å². The number of methoxy groups -OCH3 is 1. The fraction of sp³-hybridized carbons (Fsp3) is 0.571. The highest BCUT2D eigenvalue weighted by Crippen LogP contribution is 2.26. The van der Waals surface area contributed by atoms with E-state index in [4.69, 9.17) is 4.74 Å². The molecular formula is C14H22N2O3S. The van der Waals surface area contributed by atoms with E-state index in [1.165, 1.54) is 0 Å². The van der Waals surface area contributed by atoms with Gasteiger partial charge in [0.15, 0.2) is 0 Å². The van der Waals surface area contributed by atoms with Crippen molar-refractivity contribution in [1.82, 2.24) is 9.62 Å². The summed E-state index contributed by atoms with van der Waals surface area (Å²) in [5.74, 6) is 0.700. The molecule has 0 spiro atoms. The van der Waals surface area contributed by atoms with Crippen LogP contribution in [0.25, 0.3) is 0 Å². The molecule has 20 heavy (non-hydrogen) atoms. The van der Waals surface area contributed by atoms with Gasteiger partial charge in [-0.2, -0.15) is 4.31 Å². The Labute approximate surface area is 121 Å². The van der Waals surface area contributed by atoms with Gasteiger partial charge >= 0.3 is 0 Å². The molecule has 1 aromatic carbocycles. The first-order valence-corrected chi connectivity index (χ1v) is 8.22. The van der Waals surface area contributed by atoms with Crippen LogP contribution in [0.5, 0.6) is 5.75 Å². The topological polar surface area (TPSA) is 58.6 Å².